The summed E-state index contributed by atoms with van der Waals surface area (Å²) in [4.78, 5) is 25.8. The average Bonchev–Trinajstić information content (AvgIpc) is 3.73. The van der Waals surface area contributed by atoms with E-state index in [0.29, 0.717) is 33.2 Å². The van der Waals surface area contributed by atoms with Crippen LogP contribution in [0.1, 0.15) is 57.3 Å². The van der Waals surface area contributed by atoms with E-state index in [1.165, 1.54) is 19.3 Å². The summed E-state index contributed by atoms with van der Waals surface area (Å²) in [6.07, 6.45) is -7.47. The van der Waals surface area contributed by atoms with Crippen molar-refractivity contribution in [3.05, 3.63) is 75.9 Å². The number of aliphatic hydroxyl groups excluding tert-OH is 3. The Morgan fingerprint density at radius 1 is 1.02 bits per heavy atom. The van der Waals surface area contributed by atoms with Gasteiger partial charge in [-0.3, -0.25) is 0 Å². The quantitative estimate of drug-likeness (QED) is 0.198. The summed E-state index contributed by atoms with van der Waals surface area (Å²) < 4.78 is 33.8. The van der Waals surface area contributed by atoms with E-state index in [1.807, 2.05) is 6.92 Å². The Balaban J connectivity index is 1.30. The first kappa shape index (κ1) is 33.2. The SMILES string of the molecule is CN[C@H]1[C@@H](O[C@@H]2c3cc4c(cc3[C@@H](OC(=O)c3c(O)ccc5c(C)cc(OC)cc35)[C@H]2O)[C@@](O)([C@H]2COC(=O)O2)C=C4)O[C@H](C)[C@H](O)[C@@H]1O. The first-order chi connectivity index (χ1) is 23.4. The lowest BCUT2D eigenvalue weighted by atomic mass is 9.88. The van der Waals surface area contributed by atoms with Crippen LogP contribution in [0.25, 0.3) is 16.8 Å². The Kier molecular flexibility index (Phi) is 8.30. The number of benzene rings is 3. The standard InChI is InChI=1S/C35H37NO13/c1-14-9-17(44-4)11-19-18(14)5-6-23(37)25(19)32(41)48-30-21-12-22-16(7-8-35(22,43)24-13-45-34(42)47-24)10-20(21)31(29(30)40)49-33-26(36-3)28(39)27(38)15(2)46-33/h5-12,15,24,26-31,33,36-40,43H,13H2,1-4H3/t15-,24-,26-,27+,28-,29-,30-,31-,33-,35-/m1/s1. The predicted octanol–water partition coefficient (Wildman–Crippen LogP) is 2.00. The van der Waals surface area contributed by atoms with Gasteiger partial charge >= 0.3 is 12.1 Å². The van der Waals surface area contributed by atoms with Gasteiger partial charge in [-0.2, -0.15) is 0 Å². The predicted molar refractivity (Wildman–Crippen MR) is 170 cm³/mol. The number of aryl methyl sites for hydroxylation is 1. The van der Waals surface area contributed by atoms with E-state index in [4.69, 9.17) is 28.4 Å². The Labute approximate surface area is 280 Å². The number of aromatic hydroxyl groups is 1. The molecule has 7 rings (SSSR count). The molecule has 0 saturated carbocycles. The number of carbonyl (C=O) groups is 2. The van der Waals surface area contributed by atoms with E-state index < -0.39 is 72.8 Å². The van der Waals surface area contributed by atoms with Crippen molar-refractivity contribution in [2.45, 2.75) is 74.5 Å². The number of phenols is 1. The molecule has 3 aromatic rings. The molecule has 2 saturated heterocycles. The van der Waals surface area contributed by atoms with Gasteiger partial charge in [0.1, 0.15) is 53.7 Å². The normalized spacial score (nSPS) is 33.2. The summed E-state index contributed by atoms with van der Waals surface area (Å²) in [5.41, 5.74) is 0.339. The minimum Gasteiger partial charge on any atom is -0.507 e. The number of fused-ring (bicyclic) bond motifs is 3. The van der Waals surface area contributed by atoms with E-state index in [-0.39, 0.29) is 23.5 Å². The molecule has 14 heteroatoms. The number of methoxy groups -OCH3 is 1. The van der Waals surface area contributed by atoms with Crippen molar-refractivity contribution in [1.29, 1.82) is 0 Å². The summed E-state index contributed by atoms with van der Waals surface area (Å²) in [6.45, 7) is 3.20. The smallest absolute Gasteiger partial charge is 0.507 e. The maximum Gasteiger partial charge on any atom is 0.508 e. The van der Waals surface area contributed by atoms with E-state index in [0.717, 1.165) is 5.56 Å². The van der Waals surface area contributed by atoms with Gasteiger partial charge in [-0.05, 0) is 84.9 Å². The number of likely N-dealkylation sites (N-methyl/N-ethyl adjacent to an activating group) is 1. The topological polar surface area (TPSA) is 203 Å². The van der Waals surface area contributed by atoms with Crippen molar-refractivity contribution in [1.82, 2.24) is 5.32 Å². The van der Waals surface area contributed by atoms with Crippen molar-refractivity contribution in [2.75, 3.05) is 20.8 Å². The zero-order chi connectivity index (χ0) is 34.9. The van der Waals surface area contributed by atoms with Crippen molar-refractivity contribution < 1.29 is 63.5 Å². The van der Waals surface area contributed by atoms with Crippen LogP contribution in [-0.2, 0) is 29.3 Å². The summed E-state index contributed by atoms with van der Waals surface area (Å²) in [5.74, 6) is -0.848. The third kappa shape index (κ3) is 5.31. The van der Waals surface area contributed by atoms with Crippen LogP contribution in [-0.4, -0.2) is 101 Å². The van der Waals surface area contributed by atoms with Crippen LogP contribution in [0.15, 0.2) is 42.5 Å². The highest BCUT2D eigenvalue weighted by atomic mass is 16.8. The molecule has 4 aliphatic rings. The molecule has 0 amide bonds. The lowest BCUT2D eigenvalue weighted by molar-refractivity contribution is -0.283. The first-order valence-corrected chi connectivity index (χ1v) is 15.8. The van der Waals surface area contributed by atoms with Crippen molar-refractivity contribution in [2.24, 2.45) is 0 Å². The number of cyclic esters (lactones) is 2. The summed E-state index contributed by atoms with van der Waals surface area (Å²) in [5, 5.41) is 59.6. The highest BCUT2D eigenvalue weighted by Gasteiger charge is 2.52. The van der Waals surface area contributed by atoms with Crippen LogP contribution in [0.5, 0.6) is 11.5 Å². The second kappa shape index (κ2) is 12.2. The molecule has 0 radical (unpaired) electrons. The maximum atomic E-state index is 14.0. The molecule has 49 heavy (non-hydrogen) atoms. The molecular weight excluding hydrogens is 642 g/mol. The van der Waals surface area contributed by atoms with Gasteiger partial charge in [0.15, 0.2) is 18.5 Å². The van der Waals surface area contributed by atoms with Gasteiger partial charge in [0.2, 0.25) is 0 Å². The molecule has 0 unspecified atom stereocenters. The zero-order valence-corrected chi connectivity index (χ0v) is 27.0. The number of hydrogen-bond acceptors (Lipinski definition) is 14. The monoisotopic (exact) mass is 679 g/mol. The van der Waals surface area contributed by atoms with Crippen LogP contribution in [0.3, 0.4) is 0 Å². The van der Waals surface area contributed by atoms with E-state index >= 15 is 0 Å². The maximum absolute atomic E-state index is 14.0. The number of nitrogens with one attached hydrogen (secondary N) is 1. The minimum absolute atomic E-state index is 0.149. The first-order valence-electron chi connectivity index (χ1n) is 15.8. The van der Waals surface area contributed by atoms with E-state index in [1.54, 1.807) is 50.4 Å². The minimum atomic E-state index is -1.80. The fourth-order valence-corrected chi connectivity index (χ4v) is 7.25. The molecule has 2 heterocycles. The molecule has 0 spiro atoms. The fourth-order valence-electron chi connectivity index (χ4n) is 7.25. The number of esters is 1. The second-order valence-corrected chi connectivity index (χ2v) is 12.8. The molecule has 0 bridgehead atoms. The van der Waals surface area contributed by atoms with E-state index in [2.05, 4.69) is 5.32 Å². The van der Waals surface area contributed by atoms with Crippen LogP contribution >= 0.6 is 0 Å². The second-order valence-electron chi connectivity index (χ2n) is 12.8. The van der Waals surface area contributed by atoms with Gasteiger partial charge < -0.3 is 59.3 Å². The fraction of sp³-hybridized carbons (Fsp3) is 0.429. The summed E-state index contributed by atoms with van der Waals surface area (Å²) >= 11 is 0. The lowest BCUT2D eigenvalue weighted by Crippen LogP contribution is -2.62. The van der Waals surface area contributed by atoms with Crippen LogP contribution in [0, 0.1) is 6.92 Å². The van der Waals surface area contributed by atoms with Gasteiger partial charge in [0, 0.05) is 10.9 Å². The van der Waals surface area contributed by atoms with Crippen molar-refractivity contribution in [3.8, 4) is 11.5 Å². The van der Waals surface area contributed by atoms with Crippen molar-refractivity contribution in [3.63, 3.8) is 0 Å². The number of hydrogen-bond donors (Lipinski definition) is 6. The molecular formula is C35H37NO13. The van der Waals surface area contributed by atoms with Crippen molar-refractivity contribution >= 4 is 29.0 Å². The Bertz CT molecular complexity index is 1860. The van der Waals surface area contributed by atoms with Crippen LogP contribution in [0.4, 0.5) is 4.79 Å². The zero-order valence-electron chi connectivity index (χ0n) is 27.0. The number of carbonyl (C=O) groups excluding carboxylic acids is 2. The Morgan fingerprint density at radius 2 is 1.78 bits per heavy atom. The summed E-state index contributed by atoms with van der Waals surface area (Å²) in [7, 11) is 3.04. The Morgan fingerprint density at radius 3 is 2.47 bits per heavy atom. The number of rotatable bonds is 7. The van der Waals surface area contributed by atoms with Crippen LogP contribution in [0.2, 0.25) is 0 Å². The van der Waals surface area contributed by atoms with Gasteiger partial charge in [-0.1, -0.05) is 12.1 Å². The number of aliphatic hydroxyl groups is 4. The van der Waals surface area contributed by atoms with Gasteiger partial charge in [-0.15, -0.1) is 0 Å². The molecule has 2 aliphatic carbocycles. The molecule has 14 nitrogen and oxygen atoms in total. The van der Waals surface area contributed by atoms with E-state index in [9.17, 15) is 35.1 Å². The molecule has 6 N–H and O–H groups in total. The third-order valence-electron chi connectivity index (χ3n) is 9.94. The molecule has 260 valence electrons. The van der Waals surface area contributed by atoms with Gasteiger partial charge in [0.25, 0.3) is 0 Å². The van der Waals surface area contributed by atoms with Crippen LogP contribution < -0.4 is 10.1 Å². The molecule has 2 aliphatic heterocycles. The Hall–Kier alpha value is -4.28. The van der Waals surface area contributed by atoms with Gasteiger partial charge in [0.05, 0.1) is 19.3 Å². The largest absolute Gasteiger partial charge is 0.508 e. The number of phenolic OH excluding ortho intramolecular Hbond substituents is 1. The highest BCUT2D eigenvalue weighted by Crippen LogP contribution is 2.50. The molecule has 3 aromatic carbocycles. The third-order valence-corrected chi connectivity index (χ3v) is 9.94. The molecule has 0 aromatic heterocycles. The van der Waals surface area contributed by atoms with Gasteiger partial charge in [-0.25, -0.2) is 9.59 Å². The molecule has 2 fully saturated rings. The summed E-state index contributed by atoms with van der Waals surface area (Å²) in [6, 6.07) is 8.76. The molecule has 10 atom stereocenters. The highest BCUT2D eigenvalue weighted by molar-refractivity contribution is 6.08. The lowest BCUT2D eigenvalue weighted by Gasteiger charge is -2.42. The average molecular weight is 680 g/mol. The number of ether oxygens (including phenoxy) is 6.